The van der Waals surface area contributed by atoms with Gasteiger partial charge in [-0.1, -0.05) is 35.5 Å². The van der Waals surface area contributed by atoms with E-state index in [2.05, 4.69) is 22.6 Å². The molecule has 0 aliphatic carbocycles. The summed E-state index contributed by atoms with van der Waals surface area (Å²) in [6, 6.07) is 10.3. The minimum atomic E-state index is -0.543. The minimum Gasteiger partial charge on any atom is -0.450 e. The molecule has 1 atom stereocenters. The summed E-state index contributed by atoms with van der Waals surface area (Å²) < 4.78 is 5.01. The van der Waals surface area contributed by atoms with Gasteiger partial charge in [0.05, 0.1) is 12.3 Å². The standard InChI is InChI=1S/C20H27N3O4/c1-2-26-20(25)23-12-10-16(11-13-23)21-19(24)18-14-17(22-27-18)9-8-15-6-4-3-5-7-15/h3-7,16,18H,2,8-14H2,1H3,(H,21,24). The molecule has 0 bridgehead atoms. The first-order valence-electron chi connectivity index (χ1n) is 9.63. The van der Waals surface area contributed by atoms with E-state index >= 15 is 0 Å². The Balaban J connectivity index is 1.37. The Morgan fingerprint density at radius 1 is 1.22 bits per heavy atom. The van der Waals surface area contributed by atoms with Crippen LogP contribution in [0.1, 0.15) is 38.2 Å². The molecule has 7 heteroatoms. The van der Waals surface area contributed by atoms with Gasteiger partial charge in [-0.2, -0.15) is 0 Å². The molecule has 0 aromatic heterocycles. The van der Waals surface area contributed by atoms with E-state index in [1.165, 1.54) is 5.56 Å². The topological polar surface area (TPSA) is 80.2 Å². The molecule has 1 fully saturated rings. The number of oxime groups is 1. The summed E-state index contributed by atoms with van der Waals surface area (Å²) in [6.07, 6.45) is 2.85. The Morgan fingerprint density at radius 2 is 1.96 bits per heavy atom. The van der Waals surface area contributed by atoms with Crippen molar-refractivity contribution in [1.82, 2.24) is 10.2 Å². The minimum absolute atomic E-state index is 0.0557. The van der Waals surface area contributed by atoms with Gasteiger partial charge < -0.3 is 19.8 Å². The van der Waals surface area contributed by atoms with E-state index in [0.717, 1.165) is 31.4 Å². The zero-order valence-electron chi connectivity index (χ0n) is 15.7. The Hall–Kier alpha value is -2.57. The van der Waals surface area contributed by atoms with Crippen LogP contribution in [0.15, 0.2) is 35.5 Å². The number of carbonyl (C=O) groups excluding carboxylic acids is 2. The van der Waals surface area contributed by atoms with E-state index in [-0.39, 0.29) is 18.0 Å². The molecule has 3 rings (SSSR count). The molecular weight excluding hydrogens is 346 g/mol. The molecule has 7 nitrogen and oxygen atoms in total. The third-order valence-electron chi connectivity index (χ3n) is 4.93. The summed E-state index contributed by atoms with van der Waals surface area (Å²) in [7, 11) is 0. The van der Waals surface area contributed by atoms with Crippen molar-refractivity contribution in [3.63, 3.8) is 0 Å². The number of hydrogen-bond acceptors (Lipinski definition) is 5. The normalized spacial score (nSPS) is 20.0. The molecule has 2 heterocycles. The molecule has 2 aliphatic rings. The fourth-order valence-corrected chi connectivity index (χ4v) is 3.36. The second kappa shape index (κ2) is 9.39. The lowest BCUT2D eigenvalue weighted by molar-refractivity contribution is -0.132. The summed E-state index contributed by atoms with van der Waals surface area (Å²) in [6.45, 7) is 3.35. The Bertz CT molecular complexity index is 669. The predicted molar refractivity (Wildman–Crippen MR) is 101 cm³/mol. The van der Waals surface area contributed by atoms with Gasteiger partial charge in [-0.15, -0.1) is 0 Å². The zero-order valence-corrected chi connectivity index (χ0v) is 15.7. The highest BCUT2D eigenvalue weighted by molar-refractivity contribution is 5.93. The number of ether oxygens (including phenoxy) is 1. The van der Waals surface area contributed by atoms with E-state index in [0.29, 0.717) is 26.1 Å². The fourth-order valence-electron chi connectivity index (χ4n) is 3.36. The maximum absolute atomic E-state index is 12.4. The molecule has 1 N–H and O–H groups in total. The molecular formula is C20H27N3O4. The van der Waals surface area contributed by atoms with Crippen molar-refractivity contribution in [2.24, 2.45) is 5.16 Å². The van der Waals surface area contributed by atoms with Gasteiger partial charge in [0.2, 0.25) is 6.10 Å². The van der Waals surface area contributed by atoms with Crippen molar-refractivity contribution in [3.05, 3.63) is 35.9 Å². The van der Waals surface area contributed by atoms with E-state index in [1.807, 2.05) is 18.2 Å². The Labute approximate surface area is 159 Å². The van der Waals surface area contributed by atoms with Crippen LogP contribution < -0.4 is 5.32 Å². The molecule has 2 aliphatic heterocycles. The van der Waals surface area contributed by atoms with Crippen LogP contribution in [-0.2, 0) is 20.8 Å². The van der Waals surface area contributed by atoms with Crippen molar-refractivity contribution >= 4 is 17.7 Å². The third kappa shape index (κ3) is 5.45. The lowest BCUT2D eigenvalue weighted by atomic mass is 10.0. The van der Waals surface area contributed by atoms with Crippen LogP contribution in [-0.4, -0.2) is 54.5 Å². The number of benzene rings is 1. The second-order valence-corrected chi connectivity index (χ2v) is 6.91. The lowest BCUT2D eigenvalue weighted by Crippen LogP contribution is -2.49. The second-order valence-electron chi connectivity index (χ2n) is 6.91. The molecule has 146 valence electrons. The van der Waals surface area contributed by atoms with Gasteiger partial charge in [-0.3, -0.25) is 4.79 Å². The van der Waals surface area contributed by atoms with Gasteiger partial charge in [-0.25, -0.2) is 4.79 Å². The average molecular weight is 373 g/mol. The van der Waals surface area contributed by atoms with Crippen LogP contribution in [0.5, 0.6) is 0 Å². The molecule has 1 aromatic carbocycles. The predicted octanol–water partition coefficient (Wildman–Crippen LogP) is 2.50. The molecule has 1 saturated heterocycles. The molecule has 2 amide bonds. The molecule has 0 spiro atoms. The summed E-state index contributed by atoms with van der Waals surface area (Å²) in [5.41, 5.74) is 2.18. The van der Waals surface area contributed by atoms with E-state index < -0.39 is 6.10 Å². The number of carbonyl (C=O) groups is 2. The van der Waals surface area contributed by atoms with Crippen LogP contribution in [0.2, 0.25) is 0 Å². The van der Waals surface area contributed by atoms with E-state index in [4.69, 9.17) is 9.57 Å². The monoisotopic (exact) mass is 373 g/mol. The van der Waals surface area contributed by atoms with Crippen molar-refractivity contribution in [2.45, 2.75) is 51.2 Å². The summed E-state index contributed by atoms with van der Waals surface area (Å²) in [5, 5.41) is 7.12. The first-order chi connectivity index (χ1) is 13.2. The van der Waals surface area contributed by atoms with Crippen molar-refractivity contribution in [2.75, 3.05) is 19.7 Å². The number of aryl methyl sites for hydroxylation is 1. The van der Waals surface area contributed by atoms with Crippen molar-refractivity contribution in [3.8, 4) is 0 Å². The van der Waals surface area contributed by atoms with E-state index in [9.17, 15) is 9.59 Å². The fraction of sp³-hybridized carbons (Fsp3) is 0.550. The molecule has 1 unspecified atom stereocenters. The SMILES string of the molecule is CCOC(=O)N1CCC(NC(=O)C2CC(CCc3ccccc3)=NO2)CC1. The number of amides is 2. The molecule has 27 heavy (non-hydrogen) atoms. The van der Waals surface area contributed by atoms with Gasteiger partial charge in [0.1, 0.15) is 0 Å². The molecule has 0 radical (unpaired) electrons. The van der Waals surface area contributed by atoms with Gasteiger partial charge in [0, 0.05) is 25.6 Å². The number of nitrogens with one attached hydrogen (secondary N) is 1. The summed E-state index contributed by atoms with van der Waals surface area (Å²) in [5.74, 6) is -0.122. The number of rotatable bonds is 6. The molecule has 0 saturated carbocycles. The van der Waals surface area contributed by atoms with Crippen LogP contribution >= 0.6 is 0 Å². The van der Waals surface area contributed by atoms with Crippen molar-refractivity contribution in [1.29, 1.82) is 0 Å². The van der Waals surface area contributed by atoms with Gasteiger partial charge in [0.25, 0.3) is 5.91 Å². The number of hydrogen-bond donors (Lipinski definition) is 1. The van der Waals surface area contributed by atoms with Crippen molar-refractivity contribution < 1.29 is 19.2 Å². The maximum Gasteiger partial charge on any atom is 0.409 e. The molecule has 1 aromatic rings. The summed E-state index contributed by atoms with van der Waals surface area (Å²) >= 11 is 0. The zero-order chi connectivity index (χ0) is 19.1. The first-order valence-corrected chi connectivity index (χ1v) is 9.63. The van der Waals surface area contributed by atoms with Gasteiger partial charge in [-0.05, 0) is 38.2 Å². The van der Waals surface area contributed by atoms with Crippen LogP contribution in [0, 0.1) is 0 Å². The number of nitrogens with zero attached hydrogens (tertiary/aromatic N) is 2. The highest BCUT2D eigenvalue weighted by Gasteiger charge is 2.31. The van der Waals surface area contributed by atoms with Crippen LogP contribution in [0.4, 0.5) is 4.79 Å². The lowest BCUT2D eigenvalue weighted by Gasteiger charge is -2.31. The Kier molecular flexibility index (Phi) is 6.68. The summed E-state index contributed by atoms with van der Waals surface area (Å²) in [4.78, 5) is 31.2. The van der Waals surface area contributed by atoms with Crippen LogP contribution in [0.25, 0.3) is 0 Å². The Morgan fingerprint density at radius 3 is 2.67 bits per heavy atom. The van der Waals surface area contributed by atoms with Gasteiger partial charge in [0.15, 0.2) is 0 Å². The number of likely N-dealkylation sites (tertiary alicyclic amines) is 1. The highest BCUT2D eigenvalue weighted by Crippen LogP contribution is 2.17. The average Bonchev–Trinajstić information content (AvgIpc) is 3.17. The maximum atomic E-state index is 12.4. The quantitative estimate of drug-likeness (QED) is 0.831. The first kappa shape index (κ1) is 19.2. The smallest absolute Gasteiger partial charge is 0.409 e. The number of piperidine rings is 1. The van der Waals surface area contributed by atoms with Crippen LogP contribution in [0.3, 0.4) is 0 Å². The van der Waals surface area contributed by atoms with E-state index in [1.54, 1.807) is 11.8 Å². The third-order valence-corrected chi connectivity index (χ3v) is 4.93. The largest absolute Gasteiger partial charge is 0.450 e. The van der Waals surface area contributed by atoms with Gasteiger partial charge >= 0.3 is 6.09 Å². The highest BCUT2D eigenvalue weighted by atomic mass is 16.6.